The van der Waals surface area contributed by atoms with Crippen molar-refractivity contribution < 1.29 is 0 Å². The standard InChI is InChI=1S/C17H20N2O/c1-18-10-4-9-16(17(18)20)13-19-11-5-8-14-6-2-3-7-15(14)12-19/h2-4,6-7,9-10H,5,8,11-13H2,1H3. The van der Waals surface area contributed by atoms with Gasteiger partial charge in [-0.1, -0.05) is 30.3 Å². The second kappa shape index (κ2) is 5.63. The van der Waals surface area contributed by atoms with Crippen LogP contribution in [0.2, 0.25) is 0 Å². The van der Waals surface area contributed by atoms with E-state index in [9.17, 15) is 4.79 Å². The highest BCUT2D eigenvalue weighted by molar-refractivity contribution is 5.28. The smallest absolute Gasteiger partial charge is 0.254 e. The fraction of sp³-hybridized carbons (Fsp3) is 0.353. The van der Waals surface area contributed by atoms with Crippen molar-refractivity contribution in [3.05, 3.63) is 69.6 Å². The van der Waals surface area contributed by atoms with E-state index in [1.807, 2.05) is 25.4 Å². The van der Waals surface area contributed by atoms with Gasteiger partial charge in [0, 0.05) is 31.9 Å². The Balaban J connectivity index is 1.82. The Morgan fingerprint density at radius 1 is 1.10 bits per heavy atom. The van der Waals surface area contributed by atoms with Crippen molar-refractivity contribution in [2.75, 3.05) is 6.54 Å². The van der Waals surface area contributed by atoms with Crippen LogP contribution in [-0.2, 0) is 26.6 Å². The van der Waals surface area contributed by atoms with Crippen LogP contribution in [0.15, 0.2) is 47.4 Å². The first-order valence-electron chi connectivity index (χ1n) is 7.18. The minimum absolute atomic E-state index is 0.116. The van der Waals surface area contributed by atoms with Gasteiger partial charge < -0.3 is 4.57 Å². The predicted molar refractivity (Wildman–Crippen MR) is 80.6 cm³/mol. The van der Waals surface area contributed by atoms with Crippen LogP contribution in [0.4, 0.5) is 0 Å². The maximum absolute atomic E-state index is 12.1. The van der Waals surface area contributed by atoms with Crippen LogP contribution >= 0.6 is 0 Å². The highest BCUT2D eigenvalue weighted by atomic mass is 16.1. The zero-order valence-electron chi connectivity index (χ0n) is 11.9. The third-order valence-corrected chi connectivity index (χ3v) is 4.03. The summed E-state index contributed by atoms with van der Waals surface area (Å²) >= 11 is 0. The lowest BCUT2D eigenvalue weighted by Gasteiger charge is -2.20. The summed E-state index contributed by atoms with van der Waals surface area (Å²) in [7, 11) is 1.81. The van der Waals surface area contributed by atoms with Crippen molar-refractivity contribution in [3.8, 4) is 0 Å². The molecule has 2 aromatic rings. The monoisotopic (exact) mass is 268 g/mol. The summed E-state index contributed by atoms with van der Waals surface area (Å²) in [5.41, 5.74) is 3.85. The molecule has 3 rings (SSSR count). The van der Waals surface area contributed by atoms with E-state index in [1.165, 1.54) is 11.1 Å². The van der Waals surface area contributed by atoms with Crippen molar-refractivity contribution in [1.29, 1.82) is 0 Å². The molecule has 0 spiro atoms. The van der Waals surface area contributed by atoms with Gasteiger partial charge in [-0.2, -0.15) is 0 Å². The zero-order chi connectivity index (χ0) is 13.9. The molecule has 0 N–H and O–H groups in total. The van der Waals surface area contributed by atoms with Crippen molar-refractivity contribution in [3.63, 3.8) is 0 Å². The Kier molecular flexibility index (Phi) is 3.70. The maximum atomic E-state index is 12.1. The van der Waals surface area contributed by atoms with E-state index in [4.69, 9.17) is 0 Å². The second-order valence-electron chi connectivity index (χ2n) is 5.53. The number of fused-ring (bicyclic) bond motifs is 1. The quantitative estimate of drug-likeness (QED) is 0.835. The van der Waals surface area contributed by atoms with Gasteiger partial charge in [0.25, 0.3) is 5.56 Å². The maximum Gasteiger partial charge on any atom is 0.254 e. The Hall–Kier alpha value is -1.87. The lowest BCUT2D eigenvalue weighted by molar-refractivity contribution is 0.259. The number of benzene rings is 1. The average molecular weight is 268 g/mol. The molecule has 0 unspecified atom stereocenters. The van der Waals surface area contributed by atoms with Crippen LogP contribution < -0.4 is 5.56 Å². The SMILES string of the molecule is Cn1cccc(CN2CCCc3ccccc3C2)c1=O. The molecule has 0 fully saturated rings. The molecule has 0 atom stereocenters. The van der Waals surface area contributed by atoms with E-state index in [-0.39, 0.29) is 5.56 Å². The van der Waals surface area contributed by atoms with Crippen LogP contribution in [0.25, 0.3) is 0 Å². The molecule has 0 bridgehead atoms. The molecule has 104 valence electrons. The van der Waals surface area contributed by atoms with Crippen LogP contribution in [0.1, 0.15) is 23.1 Å². The van der Waals surface area contributed by atoms with Gasteiger partial charge in [-0.3, -0.25) is 9.69 Å². The molecule has 0 amide bonds. The number of hydrogen-bond acceptors (Lipinski definition) is 2. The van der Waals surface area contributed by atoms with Crippen molar-refractivity contribution in [2.24, 2.45) is 7.05 Å². The van der Waals surface area contributed by atoms with Gasteiger partial charge >= 0.3 is 0 Å². The lowest BCUT2D eigenvalue weighted by Crippen LogP contribution is -2.28. The Morgan fingerprint density at radius 3 is 2.75 bits per heavy atom. The minimum atomic E-state index is 0.116. The molecular formula is C17H20N2O. The number of rotatable bonds is 2. The summed E-state index contributed by atoms with van der Waals surface area (Å²) in [6.07, 6.45) is 4.10. The van der Waals surface area contributed by atoms with E-state index in [0.29, 0.717) is 0 Å². The largest absolute Gasteiger partial charge is 0.318 e. The van der Waals surface area contributed by atoms with Crippen molar-refractivity contribution in [2.45, 2.75) is 25.9 Å². The lowest BCUT2D eigenvalue weighted by atomic mass is 10.0. The number of aromatic nitrogens is 1. The first-order valence-corrected chi connectivity index (χ1v) is 7.18. The Morgan fingerprint density at radius 2 is 1.90 bits per heavy atom. The van der Waals surface area contributed by atoms with Crippen LogP contribution in [0, 0.1) is 0 Å². The fourth-order valence-electron chi connectivity index (χ4n) is 2.92. The summed E-state index contributed by atoms with van der Waals surface area (Å²) in [6.45, 7) is 2.72. The second-order valence-corrected chi connectivity index (χ2v) is 5.53. The first-order chi connectivity index (χ1) is 9.74. The molecule has 20 heavy (non-hydrogen) atoms. The van der Waals surface area contributed by atoms with Crippen LogP contribution in [0.3, 0.4) is 0 Å². The summed E-state index contributed by atoms with van der Waals surface area (Å²) in [4.78, 5) is 14.5. The number of aryl methyl sites for hydroxylation is 2. The van der Waals surface area contributed by atoms with Gasteiger partial charge in [0.1, 0.15) is 0 Å². The molecule has 3 nitrogen and oxygen atoms in total. The van der Waals surface area contributed by atoms with E-state index in [1.54, 1.807) is 4.57 Å². The van der Waals surface area contributed by atoms with Gasteiger partial charge in [0.15, 0.2) is 0 Å². The van der Waals surface area contributed by atoms with Gasteiger partial charge in [-0.25, -0.2) is 0 Å². The molecule has 1 aliphatic heterocycles. The van der Waals surface area contributed by atoms with Crippen LogP contribution in [0.5, 0.6) is 0 Å². The number of hydrogen-bond donors (Lipinski definition) is 0. The van der Waals surface area contributed by atoms with Gasteiger partial charge in [0.2, 0.25) is 0 Å². The molecule has 0 aliphatic carbocycles. The van der Waals surface area contributed by atoms with Gasteiger partial charge in [-0.15, -0.1) is 0 Å². The summed E-state index contributed by atoms with van der Waals surface area (Å²) in [6, 6.07) is 12.5. The Bertz CT molecular complexity index is 660. The zero-order valence-corrected chi connectivity index (χ0v) is 11.9. The van der Waals surface area contributed by atoms with Crippen molar-refractivity contribution in [1.82, 2.24) is 9.47 Å². The summed E-state index contributed by atoms with van der Waals surface area (Å²) < 4.78 is 1.65. The molecule has 1 aromatic carbocycles. The van der Waals surface area contributed by atoms with Gasteiger partial charge in [0.05, 0.1) is 0 Å². The van der Waals surface area contributed by atoms with E-state index in [0.717, 1.165) is 38.0 Å². The molecule has 1 aliphatic rings. The van der Waals surface area contributed by atoms with Gasteiger partial charge in [-0.05, 0) is 36.6 Å². The predicted octanol–water partition coefficient (Wildman–Crippen LogP) is 2.33. The third-order valence-electron chi connectivity index (χ3n) is 4.03. The molecule has 1 aromatic heterocycles. The van der Waals surface area contributed by atoms with Crippen molar-refractivity contribution >= 4 is 0 Å². The molecule has 0 radical (unpaired) electrons. The average Bonchev–Trinajstić information content (AvgIpc) is 2.65. The molecule has 3 heteroatoms. The molecule has 0 saturated carbocycles. The summed E-state index contributed by atoms with van der Waals surface area (Å²) in [5, 5.41) is 0. The normalized spacial score (nSPS) is 15.7. The van der Waals surface area contributed by atoms with E-state index in [2.05, 4.69) is 29.2 Å². The summed E-state index contributed by atoms with van der Waals surface area (Å²) in [5.74, 6) is 0. The van der Waals surface area contributed by atoms with Crippen LogP contribution in [-0.4, -0.2) is 16.0 Å². The Labute approximate surface area is 119 Å². The number of nitrogens with zero attached hydrogens (tertiary/aromatic N) is 2. The van der Waals surface area contributed by atoms with E-state index >= 15 is 0 Å². The third kappa shape index (κ3) is 2.68. The minimum Gasteiger partial charge on any atom is -0.318 e. The fourth-order valence-corrected chi connectivity index (χ4v) is 2.92. The highest BCUT2D eigenvalue weighted by Gasteiger charge is 2.15. The molecular weight excluding hydrogens is 248 g/mol. The topological polar surface area (TPSA) is 25.2 Å². The first kappa shape index (κ1) is 13.1. The van der Waals surface area contributed by atoms with E-state index < -0.39 is 0 Å². The molecule has 2 heterocycles. The highest BCUT2D eigenvalue weighted by Crippen LogP contribution is 2.19. The molecule has 0 saturated heterocycles. The number of pyridine rings is 1.